The summed E-state index contributed by atoms with van der Waals surface area (Å²) >= 11 is 0. The molecule has 0 radical (unpaired) electrons. The van der Waals surface area contributed by atoms with Crippen molar-refractivity contribution < 1.29 is 14.4 Å². The van der Waals surface area contributed by atoms with Crippen LogP contribution in [0.2, 0.25) is 0 Å². The first-order chi connectivity index (χ1) is 12.2. The second-order valence-electron chi connectivity index (χ2n) is 7.37. The predicted molar refractivity (Wildman–Crippen MR) is 94.0 cm³/mol. The lowest BCUT2D eigenvalue weighted by molar-refractivity contribution is -0.123. The van der Waals surface area contributed by atoms with Gasteiger partial charge in [0.05, 0.1) is 12.5 Å². The minimum Gasteiger partial charge on any atom is -0.393 e. The zero-order valence-corrected chi connectivity index (χ0v) is 14.3. The Hall–Kier alpha value is -1.92. The molecule has 2 fully saturated rings. The Labute approximate surface area is 147 Å². The summed E-state index contributed by atoms with van der Waals surface area (Å²) in [6, 6.07) is 7.76. The average molecular weight is 343 g/mol. The number of piperidine rings is 1. The maximum absolute atomic E-state index is 12.7. The average Bonchev–Trinajstić information content (AvgIpc) is 3.01. The molecule has 1 aromatic carbocycles. The van der Waals surface area contributed by atoms with E-state index < -0.39 is 0 Å². The van der Waals surface area contributed by atoms with E-state index in [1.807, 2.05) is 24.3 Å². The summed E-state index contributed by atoms with van der Waals surface area (Å²) in [5.41, 5.74) is 1.40. The Morgan fingerprint density at radius 2 is 2.04 bits per heavy atom. The number of nitrogens with one attached hydrogen (secondary N) is 2. The molecule has 0 bridgehead atoms. The van der Waals surface area contributed by atoms with Crippen molar-refractivity contribution in [1.82, 2.24) is 15.8 Å². The molecule has 1 aromatic heterocycles. The summed E-state index contributed by atoms with van der Waals surface area (Å²) < 4.78 is 5.29. The topological polar surface area (TPSA) is 87.4 Å². The number of benzene rings is 1. The number of amides is 1. The molecule has 1 saturated heterocycles. The van der Waals surface area contributed by atoms with Crippen molar-refractivity contribution in [2.75, 3.05) is 13.1 Å². The number of para-hydroxylation sites is 1. The summed E-state index contributed by atoms with van der Waals surface area (Å²) in [6.07, 6.45) is 3.76. The van der Waals surface area contributed by atoms with Crippen LogP contribution in [0.1, 0.15) is 31.4 Å². The van der Waals surface area contributed by atoms with Gasteiger partial charge in [-0.25, -0.2) is 0 Å². The molecule has 2 aromatic rings. The number of carbonyl (C=O) groups excluding carboxylic acids is 1. The third-order valence-corrected chi connectivity index (χ3v) is 5.66. The Kier molecular flexibility index (Phi) is 4.72. The normalized spacial score (nSPS) is 25.5. The fourth-order valence-electron chi connectivity index (χ4n) is 4.20. The maximum Gasteiger partial charge on any atom is 0.226 e. The predicted octanol–water partition coefficient (Wildman–Crippen LogP) is 1.63. The van der Waals surface area contributed by atoms with Crippen LogP contribution in [-0.4, -0.2) is 41.4 Å². The molecular weight excluding hydrogens is 318 g/mol. The molecule has 6 heteroatoms. The van der Waals surface area contributed by atoms with E-state index >= 15 is 0 Å². The van der Waals surface area contributed by atoms with Crippen molar-refractivity contribution in [2.24, 2.45) is 11.8 Å². The number of carbonyl (C=O) groups is 1. The molecule has 1 atom stereocenters. The van der Waals surface area contributed by atoms with Gasteiger partial charge in [0.1, 0.15) is 5.69 Å². The molecule has 1 aliphatic carbocycles. The number of nitrogens with zero attached hydrogens (tertiary/aromatic N) is 1. The third-order valence-electron chi connectivity index (χ3n) is 5.66. The third kappa shape index (κ3) is 3.55. The molecule has 4 rings (SSSR count). The maximum atomic E-state index is 12.7. The molecule has 2 aliphatic rings. The van der Waals surface area contributed by atoms with Crippen LogP contribution in [0, 0.1) is 11.8 Å². The number of hydrogen-bond donors (Lipinski definition) is 3. The lowest BCUT2D eigenvalue weighted by atomic mass is 9.71. The lowest BCUT2D eigenvalue weighted by Gasteiger charge is -2.43. The van der Waals surface area contributed by atoms with Gasteiger partial charge in [0, 0.05) is 11.4 Å². The van der Waals surface area contributed by atoms with Crippen LogP contribution in [0.4, 0.5) is 0 Å². The molecule has 3 N–H and O–H groups in total. The fraction of sp³-hybridized carbons (Fsp3) is 0.579. The van der Waals surface area contributed by atoms with E-state index in [9.17, 15) is 9.90 Å². The molecule has 1 amide bonds. The Balaban J connectivity index is 1.44. The largest absolute Gasteiger partial charge is 0.393 e. The molecule has 1 saturated carbocycles. The number of aliphatic hydroxyl groups is 1. The van der Waals surface area contributed by atoms with Crippen LogP contribution in [0.3, 0.4) is 0 Å². The standard InChI is InChI=1S/C19H25N3O3/c23-14-9-13(10-14)19(12-5-7-20-8-6-12)21-18(24)11-16-15-3-1-2-4-17(15)25-22-16/h1-4,12-14,19-20,23H,5-11H2,(H,21,24)/t13?,14?,19-/m1/s1. The van der Waals surface area contributed by atoms with Gasteiger partial charge in [-0.2, -0.15) is 0 Å². The molecule has 0 unspecified atom stereocenters. The van der Waals surface area contributed by atoms with E-state index in [-0.39, 0.29) is 24.5 Å². The highest BCUT2D eigenvalue weighted by Gasteiger charge is 2.39. The fourth-order valence-corrected chi connectivity index (χ4v) is 4.20. The van der Waals surface area contributed by atoms with Crippen molar-refractivity contribution >= 4 is 16.9 Å². The van der Waals surface area contributed by atoms with Crippen LogP contribution < -0.4 is 10.6 Å². The highest BCUT2D eigenvalue weighted by atomic mass is 16.5. The molecule has 2 heterocycles. The van der Waals surface area contributed by atoms with Gasteiger partial charge >= 0.3 is 0 Å². The SMILES string of the molecule is O=C(Cc1noc2ccccc12)N[C@H](C1CCNCC1)C1CC(O)C1. The zero-order chi connectivity index (χ0) is 17.2. The monoisotopic (exact) mass is 343 g/mol. The molecule has 25 heavy (non-hydrogen) atoms. The van der Waals surface area contributed by atoms with E-state index in [0.717, 1.165) is 44.2 Å². The van der Waals surface area contributed by atoms with E-state index in [4.69, 9.17) is 4.52 Å². The number of fused-ring (bicyclic) bond motifs is 1. The Morgan fingerprint density at radius 3 is 2.80 bits per heavy atom. The summed E-state index contributed by atoms with van der Waals surface area (Å²) in [5.74, 6) is 0.858. The number of aromatic nitrogens is 1. The highest BCUT2D eigenvalue weighted by Crippen LogP contribution is 2.35. The van der Waals surface area contributed by atoms with Gasteiger partial charge in [0.15, 0.2) is 5.58 Å². The van der Waals surface area contributed by atoms with Gasteiger partial charge in [0.25, 0.3) is 0 Å². The lowest BCUT2D eigenvalue weighted by Crippen LogP contribution is -2.53. The summed E-state index contributed by atoms with van der Waals surface area (Å²) in [5, 5.41) is 21.3. The first-order valence-corrected chi connectivity index (χ1v) is 9.22. The van der Waals surface area contributed by atoms with Gasteiger partial charge < -0.3 is 20.3 Å². The molecular formula is C19H25N3O3. The molecule has 6 nitrogen and oxygen atoms in total. The Bertz CT molecular complexity index is 732. The van der Waals surface area contributed by atoms with Crippen molar-refractivity contribution in [2.45, 2.75) is 44.2 Å². The second kappa shape index (κ2) is 7.14. The number of aliphatic hydroxyl groups excluding tert-OH is 1. The Morgan fingerprint density at radius 1 is 1.28 bits per heavy atom. The van der Waals surface area contributed by atoms with Crippen molar-refractivity contribution in [3.05, 3.63) is 30.0 Å². The number of hydrogen-bond acceptors (Lipinski definition) is 5. The van der Waals surface area contributed by atoms with Crippen molar-refractivity contribution in [1.29, 1.82) is 0 Å². The van der Waals surface area contributed by atoms with E-state index in [1.54, 1.807) is 0 Å². The van der Waals surface area contributed by atoms with Crippen LogP contribution in [0.25, 0.3) is 11.0 Å². The minimum atomic E-state index is -0.203. The summed E-state index contributed by atoms with van der Waals surface area (Å²) in [7, 11) is 0. The van der Waals surface area contributed by atoms with E-state index in [1.165, 1.54) is 0 Å². The summed E-state index contributed by atoms with van der Waals surface area (Å²) in [4.78, 5) is 12.7. The van der Waals surface area contributed by atoms with Crippen LogP contribution in [-0.2, 0) is 11.2 Å². The molecule has 1 aliphatic heterocycles. The van der Waals surface area contributed by atoms with Gasteiger partial charge in [-0.1, -0.05) is 17.3 Å². The van der Waals surface area contributed by atoms with Gasteiger partial charge in [0.2, 0.25) is 5.91 Å². The summed E-state index contributed by atoms with van der Waals surface area (Å²) in [6.45, 7) is 2.00. The minimum absolute atomic E-state index is 0.0102. The molecule has 134 valence electrons. The van der Waals surface area contributed by atoms with Gasteiger partial charge in [-0.05, 0) is 62.7 Å². The van der Waals surface area contributed by atoms with E-state index in [0.29, 0.717) is 23.1 Å². The molecule has 0 spiro atoms. The first-order valence-electron chi connectivity index (χ1n) is 9.22. The van der Waals surface area contributed by atoms with Crippen LogP contribution >= 0.6 is 0 Å². The van der Waals surface area contributed by atoms with E-state index in [2.05, 4.69) is 15.8 Å². The smallest absolute Gasteiger partial charge is 0.226 e. The van der Waals surface area contributed by atoms with Crippen molar-refractivity contribution in [3.8, 4) is 0 Å². The van der Waals surface area contributed by atoms with Gasteiger partial charge in [-0.15, -0.1) is 0 Å². The second-order valence-corrected chi connectivity index (χ2v) is 7.37. The number of rotatable bonds is 5. The van der Waals surface area contributed by atoms with Crippen LogP contribution in [0.15, 0.2) is 28.8 Å². The van der Waals surface area contributed by atoms with Gasteiger partial charge in [-0.3, -0.25) is 4.79 Å². The zero-order valence-electron chi connectivity index (χ0n) is 14.3. The van der Waals surface area contributed by atoms with Crippen LogP contribution in [0.5, 0.6) is 0 Å². The quantitative estimate of drug-likeness (QED) is 0.768. The van der Waals surface area contributed by atoms with Crippen molar-refractivity contribution in [3.63, 3.8) is 0 Å². The highest BCUT2D eigenvalue weighted by molar-refractivity contribution is 5.86. The first kappa shape index (κ1) is 16.5.